The van der Waals surface area contributed by atoms with Crippen molar-refractivity contribution in [3.63, 3.8) is 0 Å². The summed E-state index contributed by atoms with van der Waals surface area (Å²) in [5, 5.41) is 0. The number of H-pyrrole nitrogens is 1. The highest BCUT2D eigenvalue weighted by atomic mass is 79.9. The minimum atomic E-state index is -0.387. The van der Waals surface area contributed by atoms with Gasteiger partial charge in [-0.3, -0.25) is 0 Å². The molecule has 3 rings (SSSR count). The van der Waals surface area contributed by atoms with E-state index in [4.69, 9.17) is 4.74 Å². The van der Waals surface area contributed by atoms with Gasteiger partial charge in [-0.2, -0.15) is 0 Å². The van der Waals surface area contributed by atoms with Crippen LogP contribution in [0.1, 0.15) is 15.9 Å². The maximum absolute atomic E-state index is 11.8. The summed E-state index contributed by atoms with van der Waals surface area (Å²) >= 11 is 3.53. The molecule has 106 valence electrons. The lowest BCUT2D eigenvalue weighted by Gasteiger charge is -2.02. The molecule has 0 radical (unpaired) electrons. The van der Waals surface area contributed by atoms with E-state index < -0.39 is 0 Å². The van der Waals surface area contributed by atoms with Gasteiger partial charge in [0.1, 0.15) is 11.3 Å². The molecule has 21 heavy (non-hydrogen) atoms. The van der Waals surface area contributed by atoms with E-state index >= 15 is 0 Å². The maximum atomic E-state index is 11.8. The predicted octanol–water partition coefficient (Wildman–Crippen LogP) is 4.09. The lowest BCUT2D eigenvalue weighted by atomic mass is 10.1. The third-order valence-electron chi connectivity index (χ3n) is 3.29. The molecule has 0 atom stereocenters. The van der Waals surface area contributed by atoms with E-state index in [1.165, 1.54) is 7.11 Å². The summed E-state index contributed by atoms with van der Waals surface area (Å²) in [6.45, 7) is 2.03. The Balaban J connectivity index is 2.22. The molecular weight excluding hydrogens is 332 g/mol. The van der Waals surface area contributed by atoms with E-state index in [1.807, 2.05) is 37.3 Å². The first-order chi connectivity index (χ1) is 10.1. The number of hydrogen-bond acceptors (Lipinski definition) is 3. The average molecular weight is 345 g/mol. The summed E-state index contributed by atoms with van der Waals surface area (Å²) in [6.07, 6.45) is 0. The first kappa shape index (κ1) is 13.8. The second kappa shape index (κ2) is 5.33. The third kappa shape index (κ3) is 2.45. The number of halogens is 1. The van der Waals surface area contributed by atoms with Crippen LogP contribution in [0.3, 0.4) is 0 Å². The molecule has 2 aromatic carbocycles. The van der Waals surface area contributed by atoms with Gasteiger partial charge >= 0.3 is 5.97 Å². The Labute approximate surface area is 130 Å². The number of aromatic nitrogens is 2. The van der Waals surface area contributed by atoms with E-state index in [9.17, 15) is 4.79 Å². The second-order valence-corrected chi connectivity index (χ2v) is 5.62. The van der Waals surface area contributed by atoms with Crippen molar-refractivity contribution < 1.29 is 9.53 Å². The van der Waals surface area contributed by atoms with Gasteiger partial charge in [0.05, 0.1) is 18.2 Å². The molecule has 4 nitrogen and oxygen atoms in total. The van der Waals surface area contributed by atoms with Gasteiger partial charge in [0.25, 0.3) is 0 Å². The summed E-state index contributed by atoms with van der Waals surface area (Å²) < 4.78 is 5.75. The van der Waals surface area contributed by atoms with Crippen molar-refractivity contribution in [2.45, 2.75) is 6.92 Å². The second-order valence-electron chi connectivity index (χ2n) is 4.76. The Morgan fingerprint density at radius 3 is 2.86 bits per heavy atom. The minimum Gasteiger partial charge on any atom is -0.465 e. The first-order valence-electron chi connectivity index (χ1n) is 6.43. The number of methoxy groups -OCH3 is 1. The first-order valence-corrected chi connectivity index (χ1v) is 7.23. The number of esters is 1. The largest absolute Gasteiger partial charge is 0.465 e. The van der Waals surface area contributed by atoms with Crippen LogP contribution in [-0.4, -0.2) is 23.0 Å². The lowest BCUT2D eigenvalue weighted by Crippen LogP contribution is -2.01. The van der Waals surface area contributed by atoms with Gasteiger partial charge in [0, 0.05) is 10.0 Å². The molecule has 0 aliphatic rings. The van der Waals surface area contributed by atoms with Crippen molar-refractivity contribution in [1.29, 1.82) is 0 Å². The third-order valence-corrected chi connectivity index (χ3v) is 3.99. The van der Waals surface area contributed by atoms with E-state index in [0.29, 0.717) is 11.1 Å². The van der Waals surface area contributed by atoms with Crippen LogP contribution >= 0.6 is 15.9 Å². The van der Waals surface area contributed by atoms with Crippen molar-refractivity contribution in [2.75, 3.05) is 7.11 Å². The van der Waals surface area contributed by atoms with Gasteiger partial charge in [-0.15, -0.1) is 0 Å². The number of carbonyl (C=O) groups is 1. The molecule has 0 saturated heterocycles. The van der Waals surface area contributed by atoms with Crippen molar-refractivity contribution >= 4 is 32.9 Å². The molecule has 0 aliphatic heterocycles. The number of nitrogens with zero attached hydrogens (tertiary/aromatic N) is 1. The number of rotatable bonds is 2. The fourth-order valence-corrected chi connectivity index (χ4v) is 2.69. The van der Waals surface area contributed by atoms with Crippen LogP contribution in [-0.2, 0) is 4.74 Å². The smallest absolute Gasteiger partial charge is 0.340 e. The molecule has 0 amide bonds. The lowest BCUT2D eigenvalue weighted by molar-refractivity contribution is 0.0603. The van der Waals surface area contributed by atoms with E-state index in [-0.39, 0.29) is 5.97 Å². The van der Waals surface area contributed by atoms with Crippen LogP contribution in [0.4, 0.5) is 0 Å². The number of aromatic amines is 1. The molecule has 0 bridgehead atoms. The average Bonchev–Trinajstić information content (AvgIpc) is 2.92. The van der Waals surface area contributed by atoms with Crippen LogP contribution in [0.15, 0.2) is 40.9 Å². The zero-order valence-corrected chi connectivity index (χ0v) is 13.2. The van der Waals surface area contributed by atoms with E-state index in [0.717, 1.165) is 26.9 Å². The fourth-order valence-electron chi connectivity index (χ4n) is 2.25. The Morgan fingerprint density at radius 2 is 2.10 bits per heavy atom. The van der Waals surface area contributed by atoms with Crippen molar-refractivity contribution in [3.05, 3.63) is 52.0 Å². The number of hydrogen-bond donors (Lipinski definition) is 1. The minimum absolute atomic E-state index is 0.387. The SMILES string of the molecule is COC(=O)c1cccc2[nH]c(-c3cc(C)ccc3Br)nc12. The monoisotopic (exact) mass is 344 g/mol. The van der Waals surface area contributed by atoms with E-state index in [1.54, 1.807) is 6.07 Å². The molecule has 0 spiro atoms. The molecule has 0 saturated carbocycles. The number of fused-ring (bicyclic) bond motifs is 1. The van der Waals surface area contributed by atoms with Gasteiger partial charge in [-0.05, 0) is 31.2 Å². The molecule has 3 aromatic rings. The zero-order valence-electron chi connectivity index (χ0n) is 11.6. The van der Waals surface area contributed by atoms with Crippen LogP contribution in [0.2, 0.25) is 0 Å². The molecule has 0 aliphatic carbocycles. The summed E-state index contributed by atoms with van der Waals surface area (Å²) in [5.41, 5.74) is 3.99. The Hall–Kier alpha value is -2.14. The molecule has 5 heteroatoms. The molecule has 0 fully saturated rings. The zero-order chi connectivity index (χ0) is 15.0. The van der Waals surface area contributed by atoms with Crippen LogP contribution in [0.25, 0.3) is 22.4 Å². The standard InChI is InChI=1S/C16H13BrN2O2/c1-9-6-7-12(17)11(8-9)15-18-13-5-3-4-10(14(13)19-15)16(20)21-2/h3-8H,1-2H3,(H,18,19). The van der Waals surface area contributed by atoms with Gasteiger partial charge in [-0.1, -0.05) is 33.6 Å². The summed E-state index contributed by atoms with van der Waals surface area (Å²) in [4.78, 5) is 19.6. The number of carbonyl (C=O) groups excluding carboxylic acids is 1. The Kier molecular flexibility index (Phi) is 3.51. The number of imidazole rings is 1. The number of nitrogens with one attached hydrogen (secondary N) is 1. The van der Waals surface area contributed by atoms with Crippen LogP contribution in [0, 0.1) is 6.92 Å². The highest BCUT2D eigenvalue weighted by molar-refractivity contribution is 9.10. The highest BCUT2D eigenvalue weighted by Crippen LogP contribution is 2.29. The molecule has 1 aromatic heterocycles. The van der Waals surface area contributed by atoms with E-state index in [2.05, 4.69) is 25.9 Å². The Bertz CT molecular complexity index is 839. The van der Waals surface area contributed by atoms with Crippen LogP contribution in [0.5, 0.6) is 0 Å². The van der Waals surface area contributed by atoms with Crippen molar-refractivity contribution in [1.82, 2.24) is 9.97 Å². The van der Waals surface area contributed by atoms with Crippen molar-refractivity contribution in [3.8, 4) is 11.4 Å². The molecule has 1 N–H and O–H groups in total. The number of ether oxygens (including phenoxy) is 1. The quantitative estimate of drug-likeness (QED) is 0.712. The number of aryl methyl sites for hydroxylation is 1. The van der Waals surface area contributed by atoms with Gasteiger partial charge in [-0.25, -0.2) is 9.78 Å². The number of benzene rings is 2. The number of para-hydroxylation sites is 1. The van der Waals surface area contributed by atoms with Crippen LogP contribution < -0.4 is 0 Å². The molecule has 1 heterocycles. The Morgan fingerprint density at radius 1 is 1.29 bits per heavy atom. The normalized spacial score (nSPS) is 10.8. The maximum Gasteiger partial charge on any atom is 0.340 e. The topological polar surface area (TPSA) is 55.0 Å². The fraction of sp³-hybridized carbons (Fsp3) is 0.125. The molecule has 0 unspecified atom stereocenters. The van der Waals surface area contributed by atoms with Gasteiger partial charge in [0.2, 0.25) is 0 Å². The molecular formula is C16H13BrN2O2. The van der Waals surface area contributed by atoms with Crippen molar-refractivity contribution in [2.24, 2.45) is 0 Å². The van der Waals surface area contributed by atoms with Gasteiger partial charge in [0.15, 0.2) is 0 Å². The summed E-state index contributed by atoms with van der Waals surface area (Å²) in [7, 11) is 1.37. The van der Waals surface area contributed by atoms with Gasteiger partial charge < -0.3 is 9.72 Å². The predicted molar refractivity (Wildman–Crippen MR) is 85.3 cm³/mol. The summed E-state index contributed by atoms with van der Waals surface area (Å²) in [6, 6.07) is 11.5. The highest BCUT2D eigenvalue weighted by Gasteiger charge is 2.15. The summed E-state index contributed by atoms with van der Waals surface area (Å²) in [5.74, 6) is 0.332.